The highest BCUT2D eigenvalue weighted by molar-refractivity contribution is 5.89. The van der Waals surface area contributed by atoms with Crippen molar-refractivity contribution in [1.29, 1.82) is 0 Å². The molecular formula is C20H22N2O3. The zero-order chi connectivity index (χ0) is 17.1. The van der Waals surface area contributed by atoms with E-state index in [1.807, 2.05) is 53.4 Å². The number of carbonyl (C=O) groups is 1. The van der Waals surface area contributed by atoms with E-state index >= 15 is 0 Å². The third-order valence-corrected chi connectivity index (χ3v) is 4.70. The number of hydrogen-bond acceptors (Lipinski definition) is 3. The summed E-state index contributed by atoms with van der Waals surface area (Å²) >= 11 is 0. The van der Waals surface area contributed by atoms with E-state index in [-0.39, 0.29) is 12.1 Å². The first-order valence-electron chi connectivity index (χ1n) is 8.83. The number of fused-ring (bicyclic) bond motifs is 1. The summed E-state index contributed by atoms with van der Waals surface area (Å²) in [6.45, 7) is 2.11. The van der Waals surface area contributed by atoms with Crippen LogP contribution in [0.15, 0.2) is 48.5 Å². The van der Waals surface area contributed by atoms with Crippen LogP contribution in [0.4, 0.5) is 10.5 Å². The van der Waals surface area contributed by atoms with E-state index in [4.69, 9.17) is 9.47 Å². The Balaban J connectivity index is 1.53. The van der Waals surface area contributed by atoms with Gasteiger partial charge in [-0.1, -0.05) is 24.3 Å². The average molecular weight is 338 g/mol. The highest BCUT2D eigenvalue weighted by Gasteiger charge is 2.30. The van der Waals surface area contributed by atoms with Crippen LogP contribution < -0.4 is 14.8 Å². The van der Waals surface area contributed by atoms with Gasteiger partial charge in [-0.15, -0.1) is 0 Å². The van der Waals surface area contributed by atoms with Gasteiger partial charge < -0.3 is 19.7 Å². The van der Waals surface area contributed by atoms with Gasteiger partial charge in [0, 0.05) is 18.7 Å². The van der Waals surface area contributed by atoms with E-state index in [0.29, 0.717) is 13.2 Å². The van der Waals surface area contributed by atoms with Crippen molar-refractivity contribution in [3.63, 3.8) is 0 Å². The Morgan fingerprint density at radius 3 is 2.64 bits per heavy atom. The number of ether oxygens (including phenoxy) is 2. The smallest absolute Gasteiger partial charge is 0.322 e. The molecule has 0 aromatic heterocycles. The molecule has 0 unspecified atom stereocenters. The van der Waals surface area contributed by atoms with Crippen molar-refractivity contribution in [2.24, 2.45) is 0 Å². The molecule has 1 fully saturated rings. The Hall–Kier alpha value is -2.69. The van der Waals surface area contributed by atoms with Gasteiger partial charge in [-0.25, -0.2) is 4.79 Å². The molecule has 5 nitrogen and oxygen atoms in total. The van der Waals surface area contributed by atoms with Crippen LogP contribution in [-0.4, -0.2) is 30.7 Å². The van der Waals surface area contributed by atoms with Crippen LogP contribution in [0, 0.1) is 0 Å². The van der Waals surface area contributed by atoms with E-state index in [2.05, 4.69) is 5.32 Å². The maximum atomic E-state index is 12.7. The molecule has 25 heavy (non-hydrogen) atoms. The van der Waals surface area contributed by atoms with Gasteiger partial charge in [0.1, 0.15) is 0 Å². The van der Waals surface area contributed by atoms with Crippen LogP contribution in [0.3, 0.4) is 0 Å². The van der Waals surface area contributed by atoms with Gasteiger partial charge in [0.2, 0.25) is 0 Å². The predicted molar refractivity (Wildman–Crippen MR) is 96.2 cm³/mol. The summed E-state index contributed by atoms with van der Waals surface area (Å²) in [6, 6.07) is 15.6. The minimum absolute atomic E-state index is 0.0548. The number of amides is 2. The number of anilines is 1. The molecule has 5 heteroatoms. The minimum atomic E-state index is -0.0548. The monoisotopic (exact) mass is 338 g/mol. The van der Waals surface area contributed by atoms with Crippen LogP contribution in [0.25, 0.3) is 0 Å². The van der Waals surface area contributed by atoms with Crippen LogP contribution in [0.2, 0.25) is 0 Å². The van der Waals surface area contributed by atoms with Crippen molar-refractivity contribution in [2.75, 3.05) is 25.1 Å². The highest BCUT2D eigenvalue weighted by atomic mass is 16.5. The molecule has 1 N–H and O–H groups in total. The molecule has 2 aliphatic rings. The Morgan fingerprint density at radius 1 is 1.00 bits per heavy atom. The second kappa shape index (κ2) is 7.05. The van der Waals surface area contributed by atoms with E-state index in [9.17, 15) is 4.79 Å². The first-order valence-corrected chi connectivity index (χ1v) is 8.83. The molecule has 0 bridgehead atoms. The van der Waals surface area contributed by atoms with Gasteiger partial charge in [-0.3, -0.25) is 0 Å². The molecule has 0 aliphatic carbocycles. The fourth-order valence-corrected chi connectivity index (χ4v) is 3.46. The largest absolute Gasteiger partial charge is 0.490 e. The summed E-state index contributed by atoms with van der Waals surface area (Å²) in [6.07, 6.45) is 2.85. The first kappa shape index (κ1) is 15.8. The van der Waals surface area contributed by atoms with E-state index in [1.54, 1.807) is 0 Å². The molecule has 2 amide bonds. The molecule has 0 radical (unpaired) electrons. The number of likely N-dealkylation sites (tertiary alicyclic amines) is 1. The number of benzene rings is 2. The van der Waals surface area contributed by atoms with Gasteiger partial charge in [0.25, 0.3) is 0 Å². The third-order valence-electron chi connectivity index (χ3n) is 4.70. The third kappa shape index (κ3) is 3.40. The lowest BCUT2D eigenvalue weighted by Gasteiger charge is -2.26. The molecule has 2 aliphatic heterocycles. The fraction of sp³-hybridized carbons (Fsp3) is 0.350. The molecule has 0 saturated carbocycles. The normalized spacial score (nSPS) is 19.4. The van der Waals surface area contributed by atoms with Gasteiger partial charge in [0.05, 0.1) is 19.3 Å². The molecule has 1 saturated heterocycles. The summed E-state index contributed by atoms with van der Waals surface area (Å²) < 4.78 is 11.5. The SMILES string of the molecule is O=C(Nc1ccccc1)N1CCC[C@@H]1c1ccc2c(c1)OCCCO2. The summed E-state index contributed by atoms with van der Waals surface area (Å²) in [7, 11) is 0. The number of carbonyl (C=O) groups excluding carboxylic acids is 1. The standard InChI is InChI=1S/C20H22N2O3/c23-20(21-16-6-2-1-3-7-16)22-11-4-8-17(22)15-9-10-18-19(14-15)25-13-5-12-24-18/h1-3,6-7,9-10,14,17H,4-5,8,11-13H2,(H,21,23)/t17-/m1/s1. The molecule has 2 aromatic carbocycles. The first-order chi connectivity index (χ1) is 12.3. The molecule has 130 valence electrons. The minimum Gasteiger partial charge on any atom is -0.490 e. The van der Waals surface area contributed by atoms with Crippen molar-refractivity contribution in [1.82, 2.24) is 4.90 Å². The summed E-state index contributed by atoms with van der Waals surface area (Å²) in [5, 5.41) is 2.99. The quantitative estimate of drug-likeness (QED) is 0.892. The number of para-hydroxylation sites is 1. The van der Waals surface area contributed by atoms with Crippen LogP contribution in [-0.2, 0) is 0 Å². The van der Waals surface area contributed by atoms with Gasteiger partial charge in [-0.2, -0.15) is 0 Å². The van der Waals surface area contributed by atoms with E-state index in [1.165, 1.54) is 0 Å². The lowest BCUT2D eigenvalue weighted by atomic mass is 10.0. The van der Waals surface area contributed by atoms with E-state index in [0.717, 1.165) is 48.6 Å². The summed E-state index contributed by atoms with van der Waals surface area (Å²) in [4.78, 5) is 14.6. The molecule has 1 atom stereocenters. The van der Waals surface area contributed by atoms with Gasteiger partial charge in [-0.05, 0) is 42.7 Å². The van der Waals surface area contributed by atoms with Crippen molar-refractivity contribution in [2.45, 2.75) is 25.3 Å². The maximum Gasteiger partial charge on any atom is 0.322 e. The van der Waals surface area contributed by atoms with Crippen LogP contribution in [0.5, 0.6) is 11.5 Å². The number of hydrogen-bond donors (Lipinski definition) is 1. The average Bonchev–Trinajstić information content (AvgIpc) is 3.01. The van der Waals surface area contributed by atoms with Crippen LogP contribution >= 0.6 is 0 Å². The highest BCUT2D eigenvalue weighted by Crippen LogP contribution is 2.38. The maximum absolute atomic E-state index is 12.7. The molecule has 0 spiro atoms. The molecular weight excluding hydrogens is 316 g/mol. The zero-order valence-electron chi connectivity index (χ0n) is 14.1. The topological polar surface area (TPSA) is 50.8 Å². The molecule has 2 heterocycles. The van der Waals surface area contributed by atoms with Crippen LogP contribution in [0.1, 0.15) is 30.9 Å². The Bertz CT molecular complexity index is 748. The second-order valence-corrected chi connectivity index (χ2v) is 6.40. The second-order valence-electron chi connectivity index (χ2n) is 6.40. The number of urea groups is 1. The van der Waals surface area contributed by atoms with Crippen molar-refractivity contribution < 1.29 is 14.3 Å². The predicted octanol–water partition coefficient (Wildman–Crippen LogP) is 4.22. The Labute approximate surface area is 147 Å². The zero-order valence-corrected chi connectivity index (χ0v) is 14.1. The Morgan fingerprint density at radius 2 is 1.80 bits per heavy atom. The lowest BCUT2D eigenvalue weighted by Crippen LogP contribution is -2.34. The summed E-state index contributed by atoms with van der Waals surface area (Å²) in [5.41, 5.74) is 1.92. The summed E-state index contributed by atoms with van der Waals surface area (Å²) in [5.74, 6) is 1.57. The van der Waals surface area contributed by atoms with Crippen molar-refractivity contribution >= 4 is 11.7 Å². The Kier molecular flexibility index (Phi) is 4.46. The van der Waals surface area contributed by atoms with Gasteiger partial charge in [0.15, 0.2) is 11.5 Å². The van der Waals surface area contributed by atoms with Crippen molar-refractivity contribution in [3.05, 3.63) is 54.1 Å². The van der Waals surface area contributed by atoms with Gasteiger partial charge >= 0.3 is 6.03 Å². The molecule has 4 rings (SSSR count). The van der Waals surface area contributed by atoms with Crippen molar-refractivity contribution in [3.8, 4) is 11.5 Å². The number of nitrogens with one attached hydrogen (secondary N) is 1. The fourth-order valence-electron chi connectivity index (χ4n) is 3.46. The molecule has 2 aromatic rings. The number of rotatable bonds is 2. The van der Waals surface area contributed by atoms with E-state index < -0.39 is 0 Å². The number of nitrogens with zero attached hydrogens (tertiary/aromatic N) is 1. The lowest BCUT2D eigenvalue weighted by molar-refractivity contribution is 0.207.